The lowest BCUT2D eigenvalue weighted by molar-refractivity contribution is -0.164. The SMILES string of the molecule is CC(C)C(=O)N1CC2(C1)CN(C(C)C)C2. The number of hydrogen-bond acceptors (Lipinski definition) is 2. The second-order valence-corrected chi connectivity index (χ2v) is 5.85. The zero-order valence-corrected chi connectivity index (χ0v) is 10.3. The summed E-state index contributed by atoms with van der Waals surface area (Å²) < 4.78 is 0. The van der Waals surface area contributed by atoms with Gasteiger partial charge in [-0.3, -0.25) is 9.69 Å². The average molecular weight is 210 g/mol. The summed E-state index contributed by atoms with van der Waals surface area (Å²) in [4.78, 5) is 16.2. The van der Waals surface area contributed by atoms with E-state index >= 15 is 0 Å². The molecule has 2 fully saturated rings. The molecule has 0 N–H and O–H groups in total. The first kappa shape index (κ1) is 10.9. The van der Waals surface area contributed by atoms with Crippen molar-refractivity contribution in [1.29, 1.82) is 0 Å². The fourth-order valence-electron chi connectivity index (χ4n) is 2.66. The Balaban J connectivity index is 1.78. The van der Waals surface area contributed by atoms with E-state index in [1.54, 1.807) is 0 Å². The molecule has 0 bridgehead atoms. The summed E-state index contributed by atoms with van der Waals surface area (Å²) in [7, 11) is 0. The molecule has 1 spiro atoms. The van der Waals surface area contributed by atoms with Crippen molar-refractivity contribution in [3.05, 3.63) is 0 Å². The van der Waals surface area contributed by atoms with Gasteiger partial charge in [-0.15, -0.1) is 0 Å². The van der Waals surface area contributed by atoms with Crippen LogP contribution < -0.4 is 0 Å². The molecule has 0 saturated carbocycles. The third-order valence-corrected chi connectivity index (χ3v) is 3.67. The lowest BCUT2D eigenvalue weighted by atomic mass is 9.72. The minimum absolute atomic E-state index is 0.156. The van der Waals surface area contributed by atoms with Crippen LogP contribution in [0.4, 0.5) is 0 Å². The fraction of sp³-hybridized carbons (Fsp3) is 0.917. The van der Waals surface area contributed by atoms with E-state index < -0.39 is 0 Å². The van der Waals surface area contributed by atoms with Gasteiger partial charge in [0.2, 0.25) is 5.91 Å². The van der Waals surface area contributed by atoms with E-state index in [1.807, 2.05) is 18.7 Å². The van der Waals surface area contributed by atoms with Crippen molar-refractivity contribution in [2.75, 3.05) is 26.2 Å². The van der Waals surface area contributed by atoms with Crippen LogP contribution in [-0.2, 0) is 4.79 Å². The topological polar surface area (TPSA) is 23.6 Å². The number of nitrogens with zero attached hydrogens (tertiary/aromatic N) is 2. The van der Waals surface area contributed by atoms with Crippen molar-refractivity contribution < 1.29 is 4.79 Å². The van der Waals surface area contributed by atoms with Crippen LogP contribution in [0.3, 0.4) is 0 Å². The highest BCUT2D eigenvalue weighted by molar-refractivity contribution is 5.79. The molecule has 0 atom stereocenters. The molecule has 3 nitrogen and oxygen atoms in total. The lowest BCUT2D eigenvalue weighted by Crippen LogP contribution is -2.74. The molecule has 0 unspecified atom stereocenters. The molecule has 86 valence electrons. The minimum atomic E-state index is 0.156. The molecular formula is C12H22N2O. The Kier molecular flexibility index (Phi) is 2.53. The van der Waals surface area contributed by atoms with Crippen LogP contribution in [0.15, 0.2) is 0 Å². The molecule has 2 aliphatic rings. The van der Waals surface area contributed by atoms with Crippen molar-refractivity contribution >= 4 is 5.91 Å². The molecule has 2 saturated heterocycles. The molecule has 2 heterocycles. The molecule has 3 heteroatoms. The van der Waals surface area contributed by atoms with Crippen LogP contribution in [0, 0.1) is 11.3 Å². The molecule has 15 heavy (non-hydrogen) atoms. The van der Waals surface area contributed by atoms with Crippen LogP contribution >= 0.6 is 0 Å². The second kappa shape index (κ2) is 3.48. The first-order valence-corrected chi connectivity index (χ1v) is 5.96. The summed E-state index contributed by atoms with van der Waals surface area (Å²) in [6.07, 6.45) is 0. The highest BCUT2D eigenvalue weighted by Gasteiger charge is 2.53. The van der Waals surface area contributed by atoms with E-state index in [0.29, 0.717) is 17.4 Å². The van der Waals surface area contributed by atoms with Gasteiger partial charge in [0.05, 0.1) is 0 Å². The largest absolute Gasteiger partial charge is 0.341 e. The number of amides is 1. The van der Waals surface area contributed by atoms with E-state index in [9.17, 15) is 4.79 Å². The Morgan fingerprint density at radius 1 is 1.07 bits per heavy atom. The van der Waals surface area contributed by atoms with Crippen molar-refractivity contribution in [1.82, 2.24) is 9.80 Å². The third kappa shape index (κ3) is 1.78. The number of carbonyl (C=O) groups excluding carboxylic acids is 1. The fourth-order valence-corrected chi connectivity index (χ4v) is 2.66. The van der Waals surface area contributed by atoms with Gasteiger partial charge in [-0.25, -0.2) is 0 Å². The zero-order chi connectivity index (χ0) is 11.2. The van der Waals surface area contributed by atoms with Crippen molar-refractivity contribution in [2.45, 2.75) is 33.7 Å². The molecule has 0 aromatic heterocycles. The van der Waals surface area contributed by atoms with Gasteiger partial charge in [0, 0.05) is 43.6 Å². The van der Waals surface area contributed by atoms with Gasteiger partial charge in [0.1, 0.15) is 0 Å². The molecule has 0 radical (unpaired) electrons. The van der Waals surface area contributed by atoms with Crippen molar-refractivity contribution in [3.63, 3.8) is 0 Å². The normalized spacial score (nSPS) is 24.5. The van der Waals surface area contributed by atoms with Gasteiger partial charge in [-0.2, -0.15) is 0 Å². The molecule has 2 rings (SSSR count). The van der Waals surface area contributed by atoms with Crippen LogP contribution in [-0.4, -0.2) is 47.9 Å². The molecule has 0 aliphatic carbocycles. The monoisotopic (exact) mass is 210 g/mol. The van der Waals surface area contributed by atoms with Crippen LogP contribution in [0.25, 0.3) is 0 Å². The standard InChI is InChI=1S/C12H22N2O/c1-9(2)11(15)14-7-12(8-14)5-13(6-12)10(3)4/h9-10H,5-8H2,1-4H3. The van der Waals surface area contributed by atoms with Gasteiger partial charge >= 0.3 is 0 Å². The molecule has 0 aromatic rings. The summed E-state index contributed by atoms with van der Waals surface area (Å²) in [6.45, 7) is 12.8. The van der Waals surface area contributed by atoms with Crippen molar-refractivity contribution in [3.8, 4) is 0 Å². The smallest absolute Gasteiger partial charge is 0.225 e. The maximum atomic E-state index is 11.7. The second-order valence-electron chi connectivity index (χ2n) is 5.85. The first-order chi connectivity index (χ1) is 6.93. The minimum Gasteiger partial charge on any atom is -0.341 e. The molecular weight excluding hydrogens is 188 g/mol. The highest BCUT2D eigenvalue weighted by atomic mass is 16.2. The number of likely N-dealkylation sites (tertiary alicyclic amines) is 2. The highest BCUT2D eigenvalue weighted by Crippen LogP contribution is 2.40. The van der Waals surface area contributed by atoms with Crippen LogP contribution in [0.2, 0.25) is 0 Å². The predicted octanol–water partition coefficient (Wildman–Crippen LogP) is 1.19. The number of hydrogen-bond donors (Lipinski definition) is 0. The van der Waals surface area contributed by atoms with E-state index in [4.69, 9.17) is 0 Å². The summed E-state index contributed by atoms with van der Waals surface area (Å²) in [5.41, 5.74) is 0.467. The van der Waals surface area contributed by atoms with Gasteiger partial charge in [0.25, 0.3) is 0 Å². The molecule has 2 aliphatic heterocycles. The maximum Gasteiger partial charge on any atom is 0.225 e. The number of rotatable bonds is 2. The summed E-state index contributed by atoms with van der Waals surface area (Å²) in [6, 6.07) is 0.658. The van der Waals surface area contributed by atoms with Crippen LogP contribution in [0.1, 0.15) is 27.7 Å². The van der Waals surface area contributed by atoms with E-state index in [2.05, 4.69) is 18.7 Å². The summed E-state index contributed by atoms with van der Waals surface area (Å²) in [5.74, 6) is 0.479. The predicted molar refractivity (Wildman–Crippen MR) is 60.6 cm³/mol. The van der Waals surface area contributed by atoms with Crippen LogP contribution in [0.5, 0.6) is 0 Å². The zero-order valence-electron chi connectivity index (χ0n) is 10.3. The lowest BCUT2D eigenvalue weighted by Gasteiger charge is -2.61. The van der Waals surface area contributed by atoms with E-state index in [0.717, 1.165) is 13.1 Å². The summed E-state index contributed by atoms with van der Waals surface area (Å²) in [5, 5.41) is 0. The quantitative estimate of drug-likeness (QED) is 0.683. The van der Waals surface area contributed by atoms with E-state index in [-0.39, 0.29) is 5.92 Å². The van der Waals surface area contributed by atoms with Gasteiger partial charge in [-0.1, -0.05) is 13.8 Å². The first-order valence-electron chi connectivity index (χ1n) is 5.96. The van der Waals surface area contributed by atoms with Crippen molar-refractivity contribution in [2.24, 2.45) is 11.3 Å². The maximum absolute atomic E-state index is 11.7. The molecule has 1 amide bonds. The Hall–Kier alpha value is -0.570. The number of carbonyl (C=O) groups is 1. The van der Waals surface area contributed by atoms with Gasteiger partial charge in [-0.05, 0) is 13.8 Å². The summed E-state index contributed by atoms with van der Waals surface area (Å²) >= 11 is 0. The molecule has 0 aromatic carbocycles. The Morgan fingerprint density at radius 2 is 1.60 bits per heavy atom. The Bertz CT molecular complexity index is 259. The van der Waals surface area contributed by atoms with Gasteiger partial charge < -0.3 is 4.90 Å². The Morgan fingerprint density at radius 3 is 2.00 bits per heavy atom. The Labute approximate surface area is 92.4 Å². The third-order valence-electron chi connectivity index (χ3n) is 3.67. The van der Waals surface area contributed by atoms with E-state index in [1.165, 1.54) is 13.1 Å². The average Bonchev–Trinajstić information content (AvgIpc) is 1.97. The van der Waals surface area contributed by atoms with Gasteiger partial charge in [0.15, 0.2) is 0 Å².